The molecule has 0 spiro atoms. The molecule has 0 aliphatic heterocycles. The maximum absolute atomic E-state index is 12.1. The largest absolute Gasteiger partial charge is 0.383 e. The van der Waals surface area contributed by atoms with Crippen molar-refractivity contribution in [2.45, 2.75) is 32.9 Å². The molecule has 0 fully saturated rings. The lowest BCUT2D eigenvalue weighted by molar-refractivity contribution is -0.121. The molecule has 1 heterocycles. The van der Waals surface area contributed by atoms with Crippen LogP contribution in [0.1, 0.15) is 20.8 Å². The van der Waals surface area contributed by atoms with Crippen LogP contribution in [0.3, 0.4) is 0 Å². The number of aromatic nitrogens is 1. The third kappa shape index (κ3) is 4.47. The first-order valence-corrected chi connectivity index (χ1v) is 6.66. The number of rotatable bonds is 7. The highest BCUT2D eigenvalue weighted by molar-refractivity contribution is 5.97. The molecule has 2 N–H and O–H groups in total. The first-order chi connectivity index (χ1) is 9.40. The van der Waals surface area contributed by atoms with Crippen molar-refractivity contribution < 1.29 is 9.53 Å². The third-order valence-corrected chi connectivity index (χ3v) is 2.96. The van der Waals surface area contributed by atoms with Crippen molar-refractivity contribution >= 4 is 11.6 Å². The van der Waals surface area contributed by atoms with E-state index in [1.54, 1.807) is 19.4 Å². The van der Waals surface area contributed by atoms with Crippen molar-refractivity contribution in [3.05, 3.63) is 28.7 Å². The average molecular weight is 281 g/mol. The minimum Gasteiger partial charge on any atom is -0.383 e. The van der Waals surface area contributed by atoms with E-state index in [1.807, 2.05) is 20.8 Å². The Labute approximate surface area is 119 Å². The summed E-state index contributed by atoms with van der Waals surface area (Å²) in [5.41, 5.74) is -0.190. The minimum absolute atomic E-state index is 0.119. The van der Waals surface area contributed by atoms with Gasteiger partial charge in [0.15, 0.2) is 0 Å². The van der Waals surface area contributed by atoms with Crippen LogP contribution in [0.4, 0.5) is 5.69 Å². The molecular formula is C14H23N3O3. The van der Waals surface area contributed by atoms with Crippen molar-refractivity contribution in [1.29, 1.82) is 0 Å². The molecule has 1 aromatic heterocycles. The second-order valence-electron chi connectivity index (χ2n) is 5.05. The quantitative estimate of drug-likeness (QED) is 0.776. The van der Waals surface area contributed by atoms with Crippen molar-refractivity contribution in [1.82, 2.24) is 9.88 Å². The van der Waals surface area contributed by atoms with E-state index in [-0.39, 0.29) is 11.5 Å². The average Bonchev–Trinajstić information content (AvgIpc) is 2.39. The van der Waals surface area contributed by atoms with E-state index < -0.39 is 5.54 Å². The molecule has 112 valence electrons. The highest BCUT2D eigenvalue weighted by atomic mass is 16.5. The predicted octanol–water partition coefficient (Wildman–Crippen LogP) is 0.821. The summed E-state index contributed by atoms with van der Waals surface area (Å²) in [6.07, 6.45) is 1.63. The molecule has 6 heteroatoms. The van der Waals surface area contributed by atoms with Crippen LogP contribution in [-0.4, -0.2) is 36.3 Å². The molecule has 6 nitrogen and oxygen atoms in total. The standard InChI is InChI=1S/C14H23N3O3/c1-5-15-14(2,3)13(19)16-11-6-7-12(18)17(10-11)8-9-20-4/h6-7,10,15H,5,8-9H2,1-4H3,(H,16,19). The second kappa shape index (κ2) is 7.21. The molecule has 0 saturated carbocycles. The number of ether oxygens (including phenoxy) is 1. The smallest absolute Gasteiger partial charge is 0.250 e. The van der Waals surface area contributed by atoms with Gasteiger partial charge in [-0.05, 0) is 26.5 Å². The summed E-state index contributed by atoms with van der Waals surface area (Å²) in [5, 5.41) is 5.91. The van der Waals surface area contributed by atoms with Gasteiger partial charge in [-0.15, -0.1) is 0 Å². The fourth-order valence-corrected chi connectivity index (χ4v) is 1.78. The first-order valence-electron chi connectivity index (χ1n) is 6.66. The van der Waals surface area contributed by atoms with Gasteiger partial charge in [-0.2, -0.15) is 0 Å². The molecule has 0 aliphatic rings. The fourth-order valence-electron chi connectivity index (χ4n) is 1.78. The number of amides is 1. The van der Waals surface area contributed by atoms with E-state index in [0.29, 0.717) is 25.4 Å². The van der Waals surface area contributed by atoms with Gasteiger partial charge in [0, 0.05) is 25.9 Å². The van der Waals surface area contributed by atoms with Gasteiger partial charge in [-0.25, -0.2) is 0 Å². The number of anilines is 1. The fraction of sp³-hybridized carbons (Fsp3) is 0.571. The zero-order valence-corrected chi connectivity index (χ0v) is 12.5. The number of likely N-dealkylation sites (N-methyl/N-ethyl adjacent to an activating group) is 1. The van der Waals surface area contributed by atoms with E-state index in [2.05, 4.69) is 10.6 Å². The Balaban J connectivity index is 2.82. The number of hydrogen-bond acceptors (Lipinski definition) is 4. The summed E-state index contributed by atoms with van der Waals surface area (Å²) in [6.45, 7) is 7.17. The Bertz CT molecular complexity index is 509. The third-order valence-electron chi connectivity index (χ3n) is 2.96. The number of carbonyl (C=O) groups is 1. The second-order valence-corrected chi connectivity index (χ2v) is 5.05. The Kier molecular flexibility index (Phi) is 5.91. The van der Waals surface area contributed by atoms with Gasteiger partial charge in [-0.3, -0.25) is 9.59 Å². The van der Waals surface area contributed by atoms with Crippen LogP contribution in [0, 0.1) is 0 Å². The van der Waals surface area contributed by atoms with Crippen molar-refractivity contribution in [3.63, 3.8) is 0 Å². The number of nitrogens with one attached hydrogen (secondary N) is 2. The van der Waals surface area contributed by atoms with Crippen LogP contribution in [0.5, 0.6) is 0 Å². The summed E-state index contributed by atoms with van der Waals surface area (Å²) < 4.78 is 6.46. The molecule has 1 rings (SSSR count). The summed E-state index contributed by atoms with van der Waals surface area (Å²) in [4.78, 5) is 23.8. The van der Waals surface area contributed by atoms with Gasteiger partial charge in [-0.1, -0.05) is 6.92 Å². The molecule has 1 amide bonds. The van der Waals surface area contributed by atoms with Gasteiger partial charge >= 0.3 is 0 Å². The van der Waals surface area contributed by atoms with E-state index in [0.717, 1.165) is 0 Å². The predicted molar refractivity (Wildman–Crippen MR) is 79.0 cm³/mol. The highest BCUT2D eigenvalue weighted by Crippen LogP contribution is 2.09. The lowest BCUT2D eigenvalue weighted by Crippen LogP contribution is -2.49. The maximum atomic E-state index is 12.1. The van der Waals surface area contributed by atoms with Crippen LogP contribution in [0.2, 0.25) is 0 Å². The summed E-state index contributed by atoms with van der Waals surface area (Å²) in [6, 6.07) is 3.04. The molecule has 0 radical (unpaired) electrons. The summed E-state index contributed by atoms with van der Waals surface area (Å²) >= 11 is 0. The Morgan fingerprint density at radius 3 is 2.70 bits per heavy atom. The van der Waals surface area contributed by atoms with Gasteiger partial charge in [0.25, 0.3) is 5.56 Å². The van der Waals surface area contributed by atoms with E-state index in [4.69, 9.17) is 4.74 Å². The van der Waals surface area contributed by atoms with E-state index in [9.17, 15) is 9.59 Å². The monoisotopic (exact) mass is 281 g/mol. The van der Waals surface area contributed by atoms with Crippen LogP contribution in [-0.2, 0) is 16.1 Å². The molecule has 0 bridgehead atoms. The minimum atomic E-state index is -0.664. The van der Waals surface area contributed by atoms with Crippen molar-refractivity contribution in [2.24, 2.45) is 0 Å². The van der Waals surface area contributed by atoms with Gasteiger partial charge < -0.3 is 19.9 Å². The normalized spacial score (nSPS) is 11.4. The number of nitrogens with zero attached hydrogens (tertiary/aromatic N) is 1. The zero-order valence-electron chi connectivity index (χ0n) is 12.5. The van der Waals surface area contributed by atoms with Crippen LogP contribution in [0.15, 0.2) is 23.1 Å². The Morgan fingerprint density at radius 2 is 2.10 bits per heavy atom. The van der Waals surface area contributed by atoms with Crippen LogP contribution >= 0.6 is 0 Å². The first kappa shape index (κ1) is 16.4. The van der Waals surface area contributed by atoms with E-state index >= 15 is 0 Å². The molecule has 0 aliphatic carbocycles. The SMILES string of the molecule is CCNC(C)(C)C(=O)Nc1ccc(=O)n(CCOC)c1. The molecule has 0 unspecified atom stereocenters. The molecule has 20 heavy (non-hydrogen) atoms. The number of pyridine rings is 1. The lowest BCUT2D eigenvalue weighted by Gasteiger charge is -2.24. The van der Waals surface area contributed by atoms with Crippen molar-refractivity contribution in [3.8, 4) is 0 Å². The van der Waals surface area contributed by atoms with Crippen LogP contribution in [0.25, 0.3) is 0 Å². The zero-order chi connectivity index (χ0) is 15.2. The Hall–Kier alpha value is -1.66. The maximum Gasteiger partial charge on any atom is 0.250 e. The molecule has 0 saturated heterocycles. The van der Waals surface area contributed by atoms with Crippen LogP contribution < -0.4 is 16.2 Å². The molecule has 1 aromatic rings. The van der Waals surface area contributed by atoms with E-state index in [1.165, 1.54) is 10.6 Å². The number of methoxy groups -OCH3 is 1. The summed E-state index contributed by atoms with van der Waals surface area (Å²) in [5.74, 6) is -0.142. The number of carbonyl (C=O) groups excluding carboxylic acids is 1. The van der Waals surface area contributed by atoms with Gasteiger partial charge in [0.1, 0.15) is 0 Å². The molecule has 0 aromatic carbocycles. The molecule has 0 atom stereocenters. The van der Waals surface area contributed by atoms with Gasteiger partial charge in [0.2, 0.25) is 5.91 Å². The highest BCUT2D eigenvalue weighted by Gasteiger charge is 2.26. The molecular weight excluding hydrogens is 258 g/mol. The lowest BCUT2D eigenvalue weighted by atomic mass is 10.0. The Morgan fingerprint density at radius 1 is 1.40 bits per heavy atom. The topological polar surface area (TPSA) is 72.4 Å². The summed E-state index contributed by atoms with van der Waals surface area (Å²) in [7, 11) is 1.58. The van der Waals surface area contributed by atoms with Gasteiger partial charge in [0.05, 0.1) is 17.8 Å². The number of hydrogen-bond donors (Lipinski definition) is 2. The van der Waals surface area contributed by atoms with Crippen molar-refractivity contribution in [2.75, 3.05) is 25.6 Å².